The van der Waals surface area contributed by atoms with Gasteiger partial charge in [-0.2, -0.15) is 0 Å². The van der Waals surface area contributed by atoms with Crippen molar-refractivity contribution in [3.63, 3.8) is 0 Å². The lowest BCUT2D eigenvalue weighted by atomic mass is 10.1. The van der Waals surface area contributed by atoms with E-state index >= 15 is 0 Å². The normalized spacial score (nSPS) is 15.4. The van der Waals surface area contributed by atoms with Crippen LogP contribution in [0.3, 0.4) is 0 Å². The van der Waals surface area contributed by atoms with E-state index in [0.29, 0.717) is 12.3 Å². The average Bonchev–Trinajstić information content (AvgIpc) is 2.55. The molecule has 2 nitrogen and oxygen atoms in total. The minimum absolute atomic E-state index is 0.131. The van der Waals surface area contributed by atoms with Crippen LogP contribution in [0.25, 0.3) is 0 Å². The van der Waals surface area contributed by atoms with Crippen molar-refractivity contribution < 1.29 is 31.0 Å². The van der Waals surface area contributed by atoms with Gasteiger partial charge in [0.15, 0.2) is 23.3 Å². The maximum Gasteiger partial charge on any atom is 0.247 e. The summed E-state index contributed by atoms with van der Waals surface area (Å²) in [4.78, 5) is 0. The number of rotatable bonds is 10. The summed E-state index contributed by atoms with van der Waals surface area (Å²) in [5.74, 6) is -9.95. The summed E-state index contributed by atoms with van der Waals surface area (Å²) in [6, 6.07) is 0. The van der Waals surface area contributed by atoms with E-state index in [-0.39, 0.29) is 18.6 Å². The fraction of sp³-hybridized carbons (Fsp3) is 0.647. The van der Waals surface area contributed by atoms with Gasteiger partial charge in [0.2, 0.25) is 11.5 Å². The first-order valence-corrected chi connectivity index (χ1v) is 12.7. The fourth-order valence-corrected chi connectivity index (χ4v) is 6.92. The first kappa shape index (κ1) is 24.8. The predicted octanol–water partition coefficient (Wildman–Crippen LogP) is 6.96. The second kappa shape index (κ2) is 10.5. The Labute approximate surface area is 166 Å². The van der Waals surface area contributed by atoms with Gasteiger partial charge >= 0.3 is 0 Å². The van der Waals surface area contributed by atoms with Crippen LogP contribution in [0.5, 0.6) is 0 Å². The van der Waals surface area contributed by atoms with Crippen molar-refractivity contribution in [1.82, 2.24) is 0 Å². The van der Waals surface area contributed by atoms with E-state index in [4.69, 9.17) is 20.9 Å². The molecule has 0 radical (unpaired) electrons. The maximum atomic E-state index is 13.9. The summed E-state index contributed by atoms with van der Waals surface area (Å²) in [5, 5.41) is 0. The topological polar surface area (TPSA) is 18.5 Å². The molecule has 0 aliphatic heterocycles. The van der Waals surface area contributed by atoms with E-state index < -0.39 is 46.1 Å². The van der Waals surface area contributed by atoms with E-state index in [1.165, 1.54) is 0 Å². The molecule has 1 aromatic rings. The van der Waals surface area contributed by atoms with Crippen molar-refractivity contribution in [1.29, 1.82) is 0 Å². The number of hydrogen-bond donors (Lipinski definition) is 0. The molecular weight excluding hydrogens is 426 g/mol. The monoisotopic (exact) mass is 450 g/mol. The number of hydrogen-bond acceptors (Lipinski definition) is 4. The number of halogens is 5. The van der Waals surface area contributed by atoms with Crippen LogP contribution in [0.15, 0.2) is 0 Å². The molecule has 0 N–H and O–H groups in total. The van der Waals surface area contributed by atoms with Crippen molar-refractivity contribution in [2.45, 2.75) is 52.9 Å². The van der Waals surface area contributed by atoms with Gasteiger partial charge in [0.1, 0.15) is 0 Å². The van der Waals surface area contributed by atoms with Crippen molar-refractivity contribution in [2.75, 3.05) is 6.61 Å². The molecule has 0 saturated heterocycles. The molecule has 0 spiro atoms. The Kier molecular flexibility index (Phi) is 9.69. The summed E-state index contributed by atoms with van der Waals surface area (Å²) in [6.07, 6.45) is 0.416. The molecule has 2 unspecified atom stereocenters. The highest BCUT2D eigenvalue weighted by molar-refractivity contribution is 8.67. The molecule has 0 amide bonds. The fourth-order valence-electron chi connectivity index (χ4n) is 2.19. The third-order valence-electron chi connectivity index (χ3n) is 3.35. The molecule has 0 aromatic heterocycles. The molecule has 1 rings (SSSR count). The molecular formula is C17H24F5O2PS2. The average molecular weight is 450 g/mol. The number of benzene rings is 1. The molecule has 0 heterocycles. The molecule has 156 valence electrons. The third-order valence-corrected chi connectivity index (χ3v) is 8.60. The summed E-state index contributed by atoms with van der Waals surface area (Å²) < 4.78 is 79.2. The lowest BCUT2D eigenvalue weighted by molar-refractivity contribution is 0.171. The summed E-state index contributed by atoms with van der Waals surface area (Å²) in [6.45, 7) is 9.85. The van der Waals surface area contributed by atoms with E-state index in [0.717, 1.165) is 11.4 Å². The van der Waals surface area contributed by atoms with Crippen LogP contribution < -0.4 is 0 Å². The SMILES string of the molecule is CC(C)COP(=S)(OC(C)CC(C)C)SCc1c(F)c(F)c(F)c(F)c1F. The van der Waals surface area contributed by atoms with Crippen LogP contribution in [0.2, 0.25) is 0 Å². The smallest absolute Gasteiger partial charge is 0.247 e. The minimum Gasteiger partial charge on any atom is -0.321 e. The molecule has 0 aliphatic carbocycles. The van der Waals surface area contributed by atoms with Gasteiger partial charge < -0.3 is 9.05 Å². The highest BCUT2D eigenvalue weighted by Gasteiger charge is 2.29. The predicted molar refractivity (Wildman–Crippen MR) is 103 cm³/mol. The molecule has 0 aliphatic rings. The Morgan fingerprint density at radius 2 is 1.33 bits per heavy atom. The summed E-state index contributed by atoms with van der Waals surface area (Å²) in [5.41, 5.74) is -3.99. The maximum absolute atomic E-state index is 13.9. The van der Waals surface area contributed by atoms with Gasteiger partial charge in [-0.15, -0.1) is 0 Å². The van der Waals surface area contributed by atoms with Crippen LogP contribution in [0.1, 0.15) is 46.6 Å². The third kappa shape index (κ3) is 7.28. The Bertz CT molecular complexity index is 671. The van der Waals surface area contributed by atoms with Gasteiger partial charge in [0.25, 0.3) is 0 Å². The Morgan fingerprint density at radius 1 is 0.852 bits per heavy atom. The van der Waals surface area contributed by atoms with Crippen LogP contribution in [-0.2, 0) is 26.6 Å². The van der Waals surface area contributed by atoms with Gasteiger partial charge in [0.05, 0.1) is 12.7 Å². The lowest BCUT2D eigenvalue weighted by Gasteiger charge is -2.27. The van der Waals surface area contributed by atoms with Crippen molar-refractivity contribution in [2.24, 2.45) is 11.8 Å². The highest BCUT2D eigenvalue weighted by Crippen LogP contribution is 2.63. The molecule has 0 fully saturated rings. The summed E-state index contributed by atoms with van der Waals surface area (Å²) in [7, 11) is 0. The molecule has 0 saturated carbocycles. The first-order chi connectivity index (χ1) is 12.4. The van der Waals surface area contributed by atoms with Crippen LogP contribution in [0, 0.1) is 40.9 Å². The second-order valence-electron chi connectivity index (χ2n) is 7.00. The zero-order chi connectivity index (χ0) is 20.9. The zero-order valence-electron chi connectivity index (χ0n) is 15.8. The van der Waals surface area contributed by atoms with Gasteiger partial charge in [-0.1, -0.05) is 39.1 Å². The molecule has 27 heavy (non-hydrogen) atoms. The summed E-state index contributed by atoms with van der Waals surface area (Å²) >= 11 is 6.22. The Balaban J connectivity index is 3.05. The van der Waals surface area contributed by atoms with E-state index in [2.05, 4.69) is 0 Å². The highest BCUT2D eigenvalue weighted by atomic mass is 32.9. The van der Waals surface area contributed by atoms with Crippen molar-refractivity contribution in [3.8, 4) is 0 Å². The van der Waals surface area contributed by atoms with Crippen LogP contribution >= 0.6 is 17.1 Å². The van der Waals surface area contributed by atoms with E-state index in [1.807, 2.05) is 27.7 Å². The van der Waals surface area contributed by atoms with Gasteiger partial charge in [0, 0.05) is 11.3 Å². The lowest BCUT2D eigenvalue weighted by Crippen LogP contribution is -2.12. The second-order valence-corrected chi connectivity index (χ2v) is 13.3. The van der Waals surface area contributed by atoms with E-state index in [9.17, 15) is 22.0 Å². The van der Waals surface area contributed by atoms with Crippen molar-refractivity contribution in [3.05, 3.63) is 34.6 Å². The molecule has 0 bridgehead atoms. The molecule has 2 atom stereocenters. The Morgan fingerprint density at radius 3 is 1.78 bits per heavy atom. The quantitative estimate of drug-likeness (QED) is 0.166. The standard InChI is InChI=1S/C17H24F5O2PS2/c1-9(2)6-11(5)24-25(26,23-7-10(3)4)27-8-12-13(18)15(20)17(22)16(21)14(12)19/h9-11H,6-8H2,1-5H3. The first-order valence-electron chi connectivity index (χ1n) is 8.45. The van der Waals surface area contributed by atoms with Crippen molar-refractivity contribution >= 4 is 28.9 Å². The van der Waals surface area contributed by atoms with Gasteiger partial charge in [-0.25, -0.2) is 22.0 Å². The van der Waals surface area contributed by atoms with E-state index in [1.54, 1.807) is 6.92 Å². The molecule has 10 heteroatoms. The largest absolute Gasteiger partial charge is 0.321 e. The van der Waals surface area contributed by atoms with Gasteiger partial charge in [-0.05, 0) is 37.0 Å². The zero-order valence-corrected chi connectivity index (χ0v) is 18.4. The van der Waals surface area contributed by atoms with Gasteiger partial charge in [-0.3, -0.25) is 0 Å². The molecule has 1 aromatic carbocycles. The Hall–Kier alpha value is -0.210. The van der Waals surface area contributed by atoms with Crippen LogP contribution in [0.4, 0.5) is 22.0 Å². The minimum atomic E-state index is -3.05. The van der Waals surface area contributed by atoms with Crippen LogP contribution in [-0.4, -0.2) is 12.7 Å².